The van der Waals surface area contributed by atoms with E-state index in [1.165, 1.54) is 0 Å². The Labute approximate surface area is 109 Å². The highest BCUT2D eigenvalue weighted by Gasteiger charge is 2.10. The van der Waals surface area contributed by atoms with Crippen molar-refractivity contribution >= 4 is 46.6 Å². The van der Waals surface area contributed by atoms with Crippen molar-refractivity contribution < 1.29 is 4.79 Å². The number of aromatic nitrogens is 1. The van der Waals surface area contributed by atoms with Gasteiger partial charge in [-0.2, -0.15) is 11.8 Å². The van der Waals surface area contributed by atoms with E-state index in [2.05, 4.69) is 10.3 Å². The number of nitrogens with zero attached hydrogens (tertiary/aromatic N) is 1. The molecule has 1 aromatic rings. The Hall–Kier alpha value is -0.450. The van der Waals surface area contributed by atoms with Gasteiger partial charge in [-0.05, 0) is 24.8 Å². The van der Waals surface area contributed by atoms with Gasteiger partial charge >= 0.3 is 0 Å². The topological polar surface area (TPSA) is 42.0 Å². The highest BCUT2D eigenvalue weighted by Crippen LogP contribution is 2.26. The predicted molar refractivity (Wildman–Crippen MR) is 70.6 cm³/mol. The van der Waals surface area contributed by atoms with Crippen molar-refractivity contribution in [1.29, 1.82) is 0 Å². The zero-order chi connectivity index (χ0) is 12.1. The Morgan fingerprint density at radius 1 is 1.56 bits per heavy atom. The van der Waals surface area contributed by atoms with Crippen molar-refractivity contribution in [2.75, 3.05) is 17.3 Å². The first-order chi connectivity index (χ1) is 7.54. The second-order valence-electron chi connectivity index (χ2n) is 3.22. The lowest BCUT2D eigenvalue weighted by molar-refractivity contribution is -0.115. The van der Waals surface area contributed by atoms with Crippen LogP contribution in [0.15, 0.2) is 6.07 Å². The van der Waals surface area contributed by atoms with Crippen LogP contribution in [0.5, 0.6) is 0 Å². The van der Waals surface area contributed by atoms with Crippen LogP contribution < -0.4 is 5.32 Å². The third-order valence-corrected chi connectivity index (χ3v) is 3.02. The molecule has 0 aliphatic carbocycles. The van der Waals surface area contributed by atoms with Gasteiger partial charge in [0.05, 0.1) is 5.69 Å². The van der Waals surface area contributed by atoms with Crippen molar-refractivity contribution in [3.05, 3.63) is 21.9 Å². The largest absolute Gasteiger partial charge is 0.323 e. The van der Waals surface area contributed by atoms with Crippen molar-refractivity contribution in [2.24, 2.45) is 0 Å². The third kappa shape index (κ3) is 3.85. The summed E-state index contributed by atoms with van der Waals surface area (Å²) < 4.78 is 0. The smallest absolute Gasteiger partial charge is 0.225 e. The molecule has 1 rings (SSSR count). The van der Waals surface area contributed by atoms with E-state index in [4.69, 9.17) is 23.2 Å². The van der Waals surface area contributed by atoms with E-state index in [9.17, 15) is 4.79 Å². The second kappa shape index (κ2) is 6.33. The van der Waals surface area contributed by atoms with E-state index >= 15 is 0 Å². The number of amides is 1. The molecule has 0 saturated carbocycles. The fourth-order valence-corrected chi connectivity index (χ4v) is 2.11. The van der Waals surface area contributed by atoms with Crippen LogP contribution >= 0.6 is 35.0 Å². The van der Waals surface area contributed by atoms with Gasteiger partial charge in [-0.1, -0.05) is 23.2 Å². The number of carbonyl (C=O) groups is 1. The zero-order valence-electron chi connectivity index (χ0n) is 9.01. The third-order valence-electron chi connectivity index (χ3n) is 1.94. The summed E-state index contributed by atoms with van der Waals surface area (Å²) in [5.74, 6) is 0.715. The minimum absolute atomic E-state index is 0.0662. The summed E-state index contributed by atoms with van der Waals surface area (Å²) in [6.07, 6.45) is 2.41. The Balaban J connectivity index is 2.77. The monoisotopic (exact) mass is 278 g/mol. The van der Waals surface area contributed by atoms with E-state index in [-0.39, 0.29) is 11.1 Å². The summed E-state index contributed by atoms with van der Waals surface area (Å²) in [6.45, 7) is 1.82. The first-order valence-electron chi connectivity index (χ1n) is 4.66. The SMILES string of the molecule is CSCCC(=O)Nc1c(C)cc(Cl)nc1Cl. The number of nitrogens with one attached hydrogen (secondary N) is 1. The van der Waals surface area contributed by atoms with Gasteiger partial charge in [0.1, 0.15) is 5.15 Å². The van der Waals surface area contributed by atoms with Gasteiger partial charge in [-0.15, -0.1) is 0 Å². The first kappa shape index (κ1) is 13.6. The maximum atomic E-state index is 11.5. The Kier molecular flexibility index (Phi) is 5.38. The van der Waals surface area contributed by atoms with Gasteiger partial charge in [0, 0.05) is 12.2 Å². The average Bonchev–Trinajstić information content (AvgIpc) is 2.20. The molecular formula is C10H12Cl2N2OS. The molecule has 0 fully saturated rings. The molecule has 6 heteroatoms. The van der Waals surface area contributed by atoms with Crippen molar-refractivity contribution in [2.45, 2.75) is 13.3 Å². The number of rotatable bonds is 4. The van der Waals surface area contributed by atoms with Crippen LogP contribution in [-0.4, -0.2) is 22.9 Å². The van der Waals surface area contributed by atoms with Gasteiger partial charge < -0.3 is 5.32 Å². The van der Waals surface area contributed by atoms with E-state index in [1.54, 1.807) is 17.8 Å². The first-order valence-corrected chi connectivity index (χ1v) is 6.81. The quantitative estimate of drug-likeness (QED) is 0.859. The molecular weight excluding hydrogens is 267 g/mol. The lowest BCUT2D eigenvalue weighted by atomic mass is 10.2. The maximum absolute atomic E-state index is 11.5. The van der Waals surface area contributed by atoms with Crippen LogP contribution in [0.4, 0.5) is 5.69 Å². The number of carbonyl (C=O) groups excluding carboxylic acids is 1. The number of thioether (sulfide) groups is 1. The number of pyridine rings is 1. The fraction of sp³-hybridized carbons (Fsp3) is 0.400. The van der Waals surface area contributed by atoms with Crippen LogP contribution in [-0.2, 0) is 4.79 Å². The fourth-order valence-electron chi connectivity index (χ4n) is 1.14. The van der Waals surface area contributed by atoms with Gasteiger partial charge in [0.25, 0.3) is 0 Å². The highest BCUT2D eigenvalue weighted by atomic mass is 35.5. The Morgan fingerprint density at radius 3 is 2.81 bits per heavy atom. The van der Waals surface area contributed by atoms with E-state index in [0.717, 1.165) is 11.3 Å². The molecule has 0 atom stereocenters. The highest BCUT2D eigenvalue weighted by molar-refractivity contribution is 7.98. The molecule has 0 spiro atoms. The number of hydrogen-bond donors (Lipinski definition) is 1. The lowest BCUT2D eigenvalue weighted by Crippen LogP contribution is -2.13. The molecule has 0 aliphatic heterocycles. The molecule has 1 heterocycles. The van der Waals surface area contributed by atoms with Gasteiger partial charge in [0.2, 0.25) is 5.91 Å². The minimum Gasteiger partial charge on any atom is -0.323 e. The van der Waals surface area contributed by atoms with Crippen LogP contribution in [0, 0.1) is 6.92 Å². The van der Waals surface area contributed by atoms with Gasteiger partial charge in [0.15, 0.2) is 5.15 Å². The van der Waals surface area contributed by atoms with Crippen LogP contribution in [0.1, 0.15) is 12.0 Å². The van der Waals surface area contributed by atoms with Crippen LogP contribution in [0.3, 0.4) is 0 Å². The normalized spacial score (nSPS) is 10.2. The lowest BCUT2D eigenvalue weighted by Gasteiger charge is -2.09. The van der Waals surface area contributed by atoms with Crippen LogP contribution in [0.25, 0.3) is 0 Å². The minimum atomic E-state index is -0.0662. The van der Waals surface area contributed by atoms with Gasteiger partial charge in [-0.3, -0.25) is 4.79 Å². The summed E-state index contributed by atoms with van der Waals surface area (Å²) >= 11 is 13.2. The zero-order valence-corrected chi connectivity index (χ0v) is 11.3. The number of hydrogen-bond acceptors (Lipinski definition) is 3. The average molecular weight is 279 g/mol. The summed E-state index contributed by atoms with van der Waals surface area (Å²) in [7, 11) is 0. The maximum Gasteiger partial charge on any atom is 0.225 e. The molecule has 1 N–H and O–H groups in total. The number of aryl methyl sites for hydroxylation is 1. The number of anilines is 1. The molecule has 0 saturated heterocycles. The Morgan fingerprint density at radius 2 is 2.25 bits per heavy atom. The molecule has 0 bridgehead atoms. The molecule has 0 aromatic carbocycles. The molecule has 1 amide bonds. The van der Waals surface area contributed by atoms with Crippen molar-refractivity contribution in [1.82, 2.24) is 4.98 Å². The molecule has 88 valence electrons. The van der Waals surface area contributed by atoms with Crippen molar-refractivity contribution in [3.8, 4) is 0 Å². The van der Waals surface area contributed by atoms with Crippen molar-refractivity contribution in [3.63, 3.8) is 0 Å². The summed E-state index contributed by atoms with van der Waals surface area (Å²) in [5, 5.41) is 3.28. The number of halogens is 2. The molecule has 16 heavy (non-hydrogen) atoms. The van der Waals surface area contributed by atoms with E-state index in [1.807, 2.05) is 13.2 Å². The predicted octanol–water partition coefficient (Wildman–Crippen LogP) is 3.39. The Bertz CT molecular complexity index is 375. The molecule has 0 radical (unpaired) electrons. The molecule has 0 aliphatic rings. The van der Waals surface area contributed by atoms with Crippen LogP contribution in [0.2, 0.25) is 10.3 Å². The molecule has 1 aromatic heterocycles. The van der Waals surface area contributed by atoms with E-state index in [0.29, 0.717) is 17.3 Å². The summed E-state index contributed by atoms with van der Waals surface area (Å²) in [5.41, 5.74) is 1.35. The van der Waals surface area contributed by atoms with E-state index < -0.39 is 0 Å². The second-order valence-corrected chi connectivity index (χ2v) is 4.95. The van der Waals surface area contributed by atoms with Gasteiger partial charge in [-0.25, -0.2) is 4.98 Å². The molecule has 3 nitrogen and oxygen atoms in total. The standard InChI is InChI=1S/C10H12Cl2N2OS/c1-6-5-7(11)13-10(12)9(6)14-8(15)3-4-16-2/h5H,3-4H2,1-2H3,(H,14,15). The summed E-state index contributed by atoms with van der Waals surface area (Å²) in [4.78, 5) is 15.4. The summed E-state index contributed by atoms with van der Waals surface area (Å²) in [6, 6.07) is 1.66. The molecule has 0 unspecified atom stereocenters.